The summed E-state index contributed by atoms with van der Waals surface area (Å²) in [5.74, 6) is -0.145. The minimum atomic E-state index is -2.78. The molecule has 1 atom stereocenters. The number of amides is 1. The Hall–Kier alpha value is -2.68. The highest BCUT2D eigenvalue weighted by Crippen LogP contribution is 2.23. The van der Waals surface area contributed by atoms with Gasteiger partial charge in [-0.05, 0) is 50.6 Å². The van der Waals surface area contributed by atoms with Crippen LogP contribution in [-0.4, -0.2) is 30.8 Å². The van der Waals surface area contributed by atoms with Crippen LogP contribution in [0.2, 0.25) is 5.02 Å². The Morgan fingerprint density at radius 3 is 2.53 bits per heavy atom. The number of rotatable bonds is 7. The summed E-state index contributed by atoms with van der Waals surface area (Å²) in [6, 6.07) is 12.3. The van der Waals surface area contributed by atoms with Gasteiger partial charge in [0.25, 0.3) is 5.91 Å². The van der Waals surface area contributed by atoms with Crippen LogP contribution < -0.4 is 9.62 Å². The van der Waals surface area contributed by atoms with Gasteiger partial charge in [-0.25, -0.2) is 9.29 Å². The number of nitrogens with one attached hydrogen (secondary N) is 1. The van der Waals surface area contributed by atoms with Crippen molar-refractivity contribution in [3.05, 3.63) is 76.3 Å². The van der Waals surface area contributed by atoms with E-state index in [2.05, 4.69) is 10.3 Å². The van der Waals surface area contributed by atoms with Gasteiger partial charge in [0, 0.05) is 23.5 Å². The fourth-order valence-electron chi connectivity index (χ4n) is 3.00. The van der Waals surface area contributed by atoms with Gasteiger partial charge in [-0.1, -0.05) is 35.4 Å². The number of hydrogen-bond acceptors (Lipinski definition) is 5. The fourth-order valence-corrected chi connectivity index (χ4v) is 3.76. The Morgan fingerprint density at radius 1 is 1.23 bits per heavy atom. The quantitative estimate of drug-likeness (QED) is 0.553. The molecule has 0 aliphatic carbocycles. The Bertz CT molecular complexity index is 1080. The lowest BCUT2D eigenvalue weighted by atomic mass is 10.2. The molecule has 0 aliphatic rings. The largest absolute Gasteiger partial charge is 0.755 e. The summed E-state index contributed by atoms with van der Waals surface area (Å²) in [4.78, 5) is 17.2. The molecule has 158 valence electrons. The number of nitrogens with zero attached hydrogens (tertiary/aromatic N) is 3. The standard InChI is InChI=1S/C21H23ClN4O3S/c1-4-23-17-8-7-16(19(22)11-17)12-25-13-20(24-15(25)3)21(27)26(30(28)29)18-9-5-14(2)6-10-18/h5-11,13,23H,4,12H2,1-3H3,(H,28,29)/p-1. The lowest BCUT2D eigenvalue weighted by Crippen LogP contribution is -2.32. The molecule has 0 saturated carbocycles. The van der Waals surface area contributed by atoms with Gasteiger partial charge in [-0.2, -0.15) is 0 Å². The van der Waals surface area contributed by atoms with Gasteiger partial charge < -0.3 is 14.4 Å². The highest BCUT2D eigenvalue weighted by atomic mass is 35.5. The molecule has 0 fully saturated rings. The minimum absolute atomic E-state index is 0.0395. The zero-order valence-electron chi connectivity index (χ0n) is 16.9. The van der Waals surface area contributed by atoms with E-state index in [4.69, 9.17) is 11.6 Å². The molecule has 9 heteroatoms. The van der Waals surface area contributed by atoms with Crippen LogP contribution >= 0.6 is 11.6 Å². The maximum Gasteiger partial charge on any atom is 0.289 e. The predicted octanol–water partition coefficient (Wildman–Crippen LogP) is 4.07. The smallest absolute Gasteiger partial charge is 0.289 e. The van der Waals surface area contributed by atoms with E-state index >= 15 is 0 Å². The lowest BCUT2D eigenvalue weighted by molar-refractivity contribution is 0.100. The molecular weight excluding hydrogens is 424 g/mol. The molecule has 0 bridgehead atoms. The first-order valence-electron chi connectivity index (χ1n) is 9.36. The van der Waals surface area contributed by atoms with Crippen molar-refractivity contribution in [3.8, 4) is 0 Å². The van der Waals surface area contributed by atoms with Gasteiger partial charge >= 0.3 is 0 Å². The molecular formula is C21H22ClN4O3S-. The molecule has 0 aliphatic heterocycles. The van der Waals surface area contributed by atoms with Crippen LogP contribution in [0.3, 0.4) is 0 Å². The van der Waals surface area contributed by atoms with Crippen molar-refractivity contribution in [3.63, 3.8) is 0 Å². The molecule has 1 heterocycles. The van der Waals surface area contributed by atoms with Crippen LogP contribution in [-0.2, 0) is 17.8 Å². The van der Waals surface area contributed by atoms with E-state index in [0.29, 0.717) is 21.7 Å². The first-order valence-corrected chi connectivity index (χ1v) is 10.8. The minimum Gasteiger partial charge on any atom is -0.755 e. The number of carbonyl (C=O) groups excluding carboxylic acids is 1. The number of benzene rings is 2. The van der Waals surface area contributed by atoms with Crippen molar-refractivity contribution in [1.82, 2.24) is 9.55 Å². The molecule has 0 spiro atoms. The summed E-state index contributed by atoms with van der Waals surface area (Å²) in [6.45, 7) is 6.83. The normalized spacial score (nSPS) is 11.9. The van der Waals surface area contributed by atoms with E-state index in [1.165, 1.54) is 0 Å². The zero-order valence-corrected chi connectivity index (χ0v) is 18.5. The third-order valence-electron chi connectivity index (χ3n) is 4.57. The average Bonchev–Trinajstić information content (AvgIpc) is 3.06. The van der Waals surface area contributed by atoms with Crippen LogP contribution in [0.4, 0.5) is 11.4 Å². The molecule has 0 radical (unpaired) electrons. The second kappa shape index (κ2) is 9.42. The summed E-state index contributed by atoms with van der Waals surface area (Å²) in [5.41, 5.74) is 3.04. The summed E-state index contributed by atoms with van der Waals surface area (Å²) in [6.07, 6.45) is 1.54. The van der Waals surface area contributed by atoms with Crippen LogP contribution in [0.1, 0.15) is 34.4 Å². The van der Waals surface area contributed by atoms with E-state index in [9.17, 15) is 13.6 Å². The number of aromatic nitrogens is 2. The zero-order chi connectivity index (χ0) is 21.8. The maximum absolute atomic E-state index is 12.9. The predicted molar refractivity (Wildman–Crippen MR) is 119 cm³/mol. The highest BCUT2D eigenvalue weighted by molar-refractivity contribution is 7.81. The second-order valence-corrected chi connectivity index (χ2v) is 8.00. The van der Waals surface area contributed by atoms with Crippen molar-refractivity contribution in [1.29, 1.82) is 0 Å². The van der Waals surface area contributed by atoms with Crippen molar-refractivity contribution >= 4 is 40.1 Å². The van der Waals surface area contributed by atoms with Gasteiger partial charge in [-0.3, -0.25) is 9.00 Å². The molecule has 2 aromatic carbocycles. The molecule has 30 heavy (non-hydrogen) atoms. The summed E-state index contributed by atoms with van der Waals surface area (Å²) in [5, 5.41) is 3.79. The Balaban J connectivity index is 1.86. The molecule has 7 nitrogen and oxygen atoms in total. The lowest BCUT2D eigenvalue weighted by Gasteiger charge is -2.23. The van der Waals surface area contributed by atoms with Gasteiger partial charge in [0.2, 0.25) is 0 Å². The van der Waals surface area contributed by atoms with Gasteiger partial charge in [-0.15, -0.1) is 0 Å². The van der Waals surface area contributed by atoms with E-state index in [-0.39, 0.29) is 11.4 Å². The third kappa shape index (κ3) is 4.89. The Kier molecular flexibility index (Phi) is 6.91. The van der Waals surface area contributed by atoms with Gasteiger partial charge in [0.15, 0.2) is 0 Å². The Labute approximate surface area is 183 Å². The molecule has 3 rings (SSSR count). The number of hydrogen-bond donors (Lipinski definition) is 1. The Morgan fingerprint density at radius 2 is 1.93 bits per heavy atom. The van der Waals surface area contributed by atoms with E-state index in [1.54, 1.807) is 42.0 Å². The second-order valence-electron chi connectivity index (χ2n) is 6.79. The van der Waals surface area contributed by atoms with Crippen LogP contribution in [0.5, 0.6) is 0 Å². The topological polar surface area (TPSA) is 90.3 Å². The van der Waals surface area contributed by atoms with Crippen LogP contribution in [0.15, 0.2) is 48.7 Å². The van der Waals surface area contributed by atoms with Crippen LogP contribution in [0, 0.1) is 13.8 Å². The molecule has 0 saturated heterocycles. The van der Waals surface area contributed by atoms with Crippen molar-refractivity contribution in [2.75, 3.05) is 16.2 Å². The SMILES string of the molecule is CCNc1ccc(Cn2cc(C(=O)N(c3ccc(C)cc3)S(=O)[O-])nc2C)c(Cl)c1. The number of halogens is 1. The molecule has 3 aromatic rings. The number of anilines is 2. The van der Waals surface area contributed by atoms with Gasteiger partial charge in [0.05, 0.1) is 23.5 Å². The first-order chi connectivity index (χ1) is 14.3. The van der Waals surface area contributed by atoms with E-state index in [1.807, 2.05) is 32.0 Å². The summed E-state index contributed by atoms with van der Waals surface area (Å²) in [7, 11) is 0. The van der Waals surface area contributed by atoms with Crippen molar-refractivity contribution < 1.29 is 13.6 Å². The molecule has 1 amide bonds. The first kappa shape index (κ1) is 22.0. The van der Waals surface area contributed by atoms with Crippen molar-refractivity contribution in [2.24, 2.45) is 0 Å². The number of imidazole rings is 1. The summed E-state index contributed by atoms with van der Waals surface area (Å²) < 4.78 is 26.0. The monoisotopic (exact) mass is 445 g/mol. The van der Waals surface area contributed by atoms with Gasteiger partial charge in [0.1, 0.15) is 11.5 Å². The maximum atomic E-state index is 12.9. The van der Waals surface area contributed by atoms with E-state index < -0.39 is 17.2 Å². The van der Waals surface area contributed by atoms with Crippen molar-refractivity contribution in [2.45, 2.75) is 27.3 Å². The molecule has 1 N–H and O–H groups in total. The fraction of sp³-hybridized carbons (Fsp3) is 0.238. The molecule has 1 unspecified atom stereocenters. The highest BCUT2D eigenvalue weighted by Gasteiger charge is 2.22. The summed E-state index contributed by atoms with van der Waals surface area (Å²) >= 11 is 3.61. The van der Waals surface area contributed by atoms with Crippen LogP contribution in [0.25, 0.3) is 0 Å². The molecule has 1 aromatic heterocycles. The number of aryl methyl sites for hydroxylation is 2. The third-order valence-corrected chi connectivity index (χ3v) is 5.60. The van der Waals surface area contributed by atoms with E-state index in [0.717, 1.165) is 23.4 Å². The average molecular weight is 446 g/mol. The number of carbonyl (C=O) groups is 1.